The SMILES string of the molecule is Cc1ccc2nc(-n3c(O)c(O)c(C(=O)c4ccc(C)o4)c3-c3ccoc3)sc2c1. The van der Waals surface area contributed by atoms with Crippen molar-refractivity contribution in [3.63, 3.8) is 0 Å². The van der Waals surface area contributed by atoms with Gasteiger partial charge < -0.3 is 19.0 Å². The molecular weight excluding hydrogens is 404 g/mol. The summed E-state index contributed by atoms with van der Waals surface area (Å²) in [6, 6.07) is 10.7. The highest BCUT2D eigenvalue weighted by atomic mass is 32.1. The van der Waals surface area contributed by atoms with Crippen LogP contribution in [0.2, 0.25) is 0 Å². The van der Waals surface area contributed by atoms with Crippen LogP contribution in [0.25, 0.3) is 26.6 Å². The zero-order chi connectivity index (χ0) is 21.0. The molecule has 1 aromatic carbocycles. The molecule has 0 atom stereocenters. The molecule has 2 N–H and O–H groups in total. The Kier molecular flexibility index (Phi) is 4.04. The second-order valence-corrected chi connectivity index (χ2v) is 7.96. The van der Waals surface area contributed by atoms with E-state index in [1.807, 2.05) is 25.1 Å². The van der Waals surface area contributed by atoms with Crippen molar-refractivity contribution >= 4 is 27.3 Å². The summed E-state index contributed by atoms with van der Waals surface area (Å²) in [5, 5.41) is 21.9. The van der Waals surface area contributed by atoms with Gasteiger partial charge in [-0.25, -0.2) is 4.98 Å². The molecule has 7 nitrogen and oxygen atoms in total. The van der Waals surface area contributed by atoms with Gasteiger partial charge in [0.1, 0.15) is 5.76 Å². The van der Waals surface area contributed by atoms with Crippen molar-refractivity contribution in [2.24, 2.45) is 0 Å². The van der Waals surface area contributed by atoms with Gasteiger partial charge in [0, 0.05) is 5.56 Å². The average molecular weight is 420 g/mol. The van der Waals surface area contributed by atoms with Crippen LogP contribution in [0.15, 0.2) is 57.8 Å². The number of aryl methyl sites for hydroxylation is 2. The minimum atomic E-state index is -0.553. The molecule has 0 aliphatic carbocycles. The molecule has 4 aromatic heterocycles. The number of fused-ring (bicyclic) bond motifs is 1. The third-order valence-electron chi connectivity index (χ3n) is 4.83. The molecule has 0 saturated heterocycles. The molecule has 5 rings (SSSR count). The van der Waals surface area contributed by atoms with Gasteiger partial charge in [-0.3, -0.25) is 9.36 Å². The van der Waals surface area contributed by atoms with E-state index in [0.29, 0.717) is 16.5 Å². The number of aromatic nitrogens is 2. The van der Waals surface area contributed by atoms with Crippen LogP contribution in [0.1, 0.15) is 27.4 Å². The first-order valence-corrected chi connectivity index (χ1v) is 9.93. The molecule has 5 aromatic rings. The lowest BCUT2D eigenvalue weighted by molar-refractivity contribution is 0.101. The van der Waals surface area contributed by atoms with Gasteiger partial charge >= 0.3 is 0 Å². The summed E-state index contributed by atoms with van der Waals surface area (Å²) >= 11 is 1.34. The molecule has 0 amide bonds. The van der Waals surface area contributed by atoms with E-state index in [1.54, 1.807) is 19.1 Å². The summed E-state index contributed by atoms with van der Waals surface area (Å²) < 4.78 is 12.9. The molecule has 0 radical (unpaired) electrons. The number of carbonyl (C=O) groups excluding carboxylic acids is 1. The Labute approximate surface area is 174 Å². The van der Waals surface area contributed by atoms with Crippen molar-refractivity contribution in [2.75, 3.05) is 0 Å². The summed E-state index contributed by atoms with van der Waals surface area (Å²) in [5.41, 5.74) is 2.53. The lowest BCUT2D eigenvalue weighted by Gasteiger charge is -2.06. The van der Waals surface area contributed by atoms with Gasteiger partial charge in [0.15, 0.2) is 16.6 Å². The van der Waals surface area contributed by atoms with Crippen LogP contribution in [0, 0.1) is 13.8 Å². The second-order valence-electron chi connectivity index (χ2n) is 6.95. The molecule has 0 aliphatic rings. The Morgan fingerprint density at radius 2 is 1.97 bits per heavy atom. The third-order valence-corrected chi connectivity index (χ3v) is 5.83. The van der Waals surface area contributed by atoms with Crippen LogP contribution in [0.5, 0.6) is 11.6 Å². The van der Waals surface area contributed by atoms with Crippen LogP contribution >= 0.6 is 11.3 Å². The predicted octanol–water partition coefficient (Wildman–Crippen LogP) is 5.20. The number of ketones is 1. The number of hydrogen-bond donors (Lipinski definition) is 2. The maximum atomic E-state index is 13.2. The normalized spacial score (nSPS) is 11.4. The summed E-state index contributed by atoms with van der Waals surface area (Å²) in [7, 11) is 0. The van der Waals surface area contributed by atoms with Gasteiger partial charge in [-0.15, -0.1) is 0 Å². The molecule has 0 unspecified atom stereocenters. The van der Waals surface area contributed by atoms with Crippen LogP contribution in [-0.2, 0) is 0 Å². The second kappa shape index (κ2) is 6.64. The minimum Gasteiger partial charge on any atom is -0.503 e. The van der Waals surface area contributed by atoms with Crippen LogP contribution in [0.3, 0.4) is 0 Å². The van der Waals surface area contributed by atoms with Crippen molar-refractivity contribution in [1.29, 1.82) is 0 Å². The van der Waals surface area contributed by atoms with Gasteiger partial charge in [-0.1, -0.05) is 17.4 Å². The van der Waals surface area contributed by atoms with E-state index in [4.69, 9.17) is 8.83 Å². The fraction of sp³-hybridized carbons (Fsp3) is 0.0909. The Morgan fingerprint density at radius 1 is 1.13 bits per heavy atom. The van der Waals surface area contributed by atoms with E-state index >= 15 is 0 Å². The maximum Gasteiger partial charge on any atom is 0.242 e. The summed E-state index contributed by atoms with van der Waals surface area (Å²) in [4.78, 5) is 17.8. The number of nitrogens with zero attached hydrogens (tertiary/aromatic N) is 2. The molecule has 4 heterocycles. The molecule has 150 valence electrons. The number of carbonyl (C=O) groups is 1. The highest BCUT2D eigenvalue weighted by Gasteiger charge is 2.32. The number of aromatic hydroxyl groups is 2. The average Bonchev–Trinajstić information content (AvgIpc) is 3.49. The first kappa shape index (κ1) is 18.3. The summed E-state index contributed by atoms with van der Waals surface area (Å²) in [5.74, 6) is -0.949. The molecule has 0 fully saturated rings. The van der Waals surface area contributed by atoms with E-state index in [1.165, 1.54) is 34.5 Å². The third kappa shape index (κ3) is 2.73. The zero-order valence-corrected chi connectivity index (χ0v) is 16.9. The first-order valence-electron chi connectivity index (χ1n) is 9.12. The summed E-state index contributed by atoms with van der Waals surface area (Å²) in [6.45, 7) is 3.70. The number of rotatable bonds is 4. The highest BCUT2D eigenvalue weighted by molar-refractivity contribution is 7.20. The lowest BCUT2D eigenvalue weighted by atomic mass is 10.0. The quantitative estimate of drug-likeness (QED) is 0.388. The highest BCUT2D eigenvalue weighted by Crippen LogP contribution is 2.45. The van der Waals surface area contributed by atoms with E-state index in [9.17, 15) is 15.0 Å². The van der Waals surface area contributed by atoms with Crippen LogP contribution in [-0.4, -0.2) is 25.5 Å². The number of furan rings is 2. The van der Waals surface area contributed by atoms with Crippen LogP contribution in [0.4, 0.5) is 0 Å². The fourth-order valence-electron chi connectivity index (χ4n) is 3.42. The topological polar surface area (TPSA) is 102 Å². The van der Waals surface area contributed by atoms with Crippen molar-refractivity contribution < 1.29 is 23.8 Å². The van der Waals surface area contributed by atoms with Gasteiger partial charge in [0.25, 0.3) is 0 Å². The van der Waals surface area contributed by atoms with Gasteiger partial charge in [0.05, 0.1) is 34.0 Å². The molecule has 0 saturated carbocycles. The lowest BCUT2D eigenvalue weighted by Crippen LogP contribution is -2.03. The first-order chi connectivity index (χ1) is 14.4. The smallest absolute Gasteiger partial charge is 0.242 e. The molecule has 0 aliphatic heterocycles. The van der Waals surface area contributed by atoms with Gasteiger partial charge in [-0.05, 0) is 49.7 Å². The Balaban J connectivity index is 1.80. The van der Waals surface area contributed by atoms with Crippen LogP contribution < -0.4 is 0 Å². The van der Waals surface area contributed by atoms with Crippen molar-refractivity contribution in [1.82, 2.24) is 9.55 Å². The van der Waals surface area contributed by atoms with E-state index in [-0.39, 0.29) is 17.0 Å². The van der Waals surface area contributed by atoms with E-state index in [0.717, 1.165) is 15.8 Å². The van der Waals surface area contributed by atoms with Gasteiger partial charge in [0.2, 0.25) is 11.7 Å². The van der Waals surface area contributed by atoms with Crippen molar-refractivity contribution in [2.45, 2.75) is 13.8 Å². The zero-order valence-electron chi connectivity index (χ0n) is 16.0. The molecular formula is C22H16N2O5S. The fourth-order valence-corrected chi connectivity index (χ4v) is 4.49. The number of hydrogen-bond acceptors (Lipinski definition) is 7. The Morgan fingerprint density at radius 3 is 2.67 bits per heavy atom. The molecule has 0 bridgehead atoms. The monoisotopic (exact) mass is 420 g/mol. The Bertz CT molecular complexity index is 1410. The number of thiazole rings is 1. The Hall–Kier alpha value is -3.78. The predicted molar refractivity (Wildman–Crippen MR) is 112 cm³/mol. The molecule has 8 heteroatoms. The number of benzene rings is 1. The maximum absolute atomic E-state index is 13.2. The molecule has 30 heavy (non-hydrogen) atoms. The standard InChI is InChI=1S/C22H16N2O5S/c1-11-3-5-14-16(9-11)30-22(23-14)24-18(13-7-8-28-10-13)17(20(26)21(24)27)19(25)15-6-4-12(2)29-15/h3-10,26-27H,1-2H3. The van der Waals surface area contributed by atoms with E-state index < -0.39 is 17.4 Å². The van der Waals surface area contributed by atoms with E-state index in [2.05, 4.69) is 4.98 Å². The largest absolute Gasteiger partial charge is 0.503 e. The minimum absolute atomic E-state index is 0.0598. The van der Waals surface area contributed by atoms with Crippen molar-refractivity contribution in [3.8, 4) is 28.0 Å². The van der Waals surface area contributed by atoms with Gasteiger partial charge in [-0.2, -0.15) is 0 Å². The molecule has 0 spiro atoms. The van der Waals surface area contributed by atoms with Crippen molar-refractivity contribution in [3.05, 3.63) is 71.6 Å². The summed E-state index contributed by atoms with van der Waals surface area (Å²) in [6.07, 6.45) is 2.89.